The summed E-state index contributed by atoms with van der Waals surface area (Å²) < 4.78 is 6.60. The first-order valence-corrected chi connectivity index (χ1v) is 12.4. The van der Waals surface area contributed by atoms with Crippen LogP contribution in [0.2, 0.25) is 5.02 Å². The van der Waals surface area contributed by atoms with Gasteiger partial charge in [-0.05, 0) is 50.5 Å². The lowest BCUT2D eigenvalue weighted by Gasteiger charge is -2.30. The molecule has 0 spiro atoms. The summed E-state index contributed by atoms with van der Waals surface area (Å²) in [4.78, 5) is 35.8. The summed E-state index contributed by atoms with van der Waals surface area (Å²) in [5.74, 6) is 0.661. The molecule has 1 aliphatic heterocycles. The number of rotatable bonds is 8. The monoisotopic (exact) mass is 512 g/mol. The molecular formula is C26H31ClN5O4+. The van der Waals surface area contributed by atoms with Crippen LogP contribution in [0.3, 0.4) is 0 Å². The molecule has 36 heavy (non-hydrogen) atoms. The molecule has 1 aliphatic rings. The van der Waals surface area contributed by atoms with Crippen LogP contribution in [0.15, 0.2) is 47.3 Å². The summed E-state index contributed by atoms with van der Waals surface area (Å²) >= 11 is 6.97. The van der Waals surface area contributed by atoms with Crippen molar-refractivity contribution in [2.45, 2.75) is 26.2 Å². The molecular weight excluding hydrogens is 482 g/mol. The Balaban J connectivity index is 2.02. The number of ether oxygens (including phenoxy) is 1. The van der Waals surface area contributed by atoms with Crippen molar-refractivity contribution in [3.05, 3.63) is 62.7 Å². The van der Waals surface area contributed by atoms with Gasteiger partial charge in [0.25, 0.3) is 10.5 Å². The molecule has 1 aromatic heterocycles. The highest BCUT2D eigenvalue weighted by atomic mass is 35.5. The summed E-state index contributed by atoms with van der Waals surface area (Å²) in [5, 5.41) is 4.96. The van der Waals surface area contributed by atoms with Crippen LogP contribution in [0.1, 0.15) is 26.2 Å². The Kier molecular flexibility index (Phi) is 7.79. The molecule has 0 bridgehead atoms. The highest BCUT2D eigenvalue weighted by molar-refractivity contribution is 6.35. The van der Waals surface area contributed by atoms with Gasteiger partial charge in [0.15, 0.2) is 12.8 Å². The number of nitrogens with zero attached hydrogens (tertiary/aromatic N) is 5. The van der Waals surface area contributed by atoms with Gasteiger partial charge >= 0.3 is 5.69 Å². The molecule has 190 valence electrons. The van der Waals surface area contributed by atoms with E-state index >= 15 is 0 Å². The average Bonchev–Trinajstić information content (AvgIpc) is 2.92. The topological polar surface area (TPSA) is 79.9 Å². The van der Waals surface area contributed by atoms with Crippen molar-refractivity contribution in [2.75, 3.05) is 50.7 Å². The predicted molar refractivity (Wildman–Crippen MR) is 142 cm³/mol. The van der Waals surface area contributed by atoms with Crippen LogP contribution in [0.25, 0.3) is 16.9 Å². The second kappa shape index (κ2) is 11.0. The van der Waals surface area contributed by atoms with E-state index in [0.717, 1.165) is 43.6 Å². The first-order chi connectivity index (χ1) is 17.4. The van der Waals surface area contributed by atoms with E-state index < -0.39 is 5.56 Å². The van der Waals surface area contributed by atoms with E-state index in [-0.39, 0.29) is 16.4 Å². The summed E-state index contributed by atoms with van der Waals surface area (Å²) in [5.41, 5.74) is 2.34. The zero-order valence-electron chi connectivity index (χ0n) is 21.0. The van der Waals surface area contributed by atoms with Gasteiger partial charge in [0.2, 0.25) is 0 Å². The van der Waals surface area contributed by atoms with Gasteiger partial charge in [0.05, 0.1) is 28.4 Å². The van der Waals surface area contributed by atoms with Gasteiger partial charge in [-0.25, -0.2) is 4.84 Å². The lowest BCUT2D eigenvalue weighted by Crippen LogP contribution is -2.32. The highest BCUT2D eigenvalue weighted by Gasteiger charge is 2.31. The molecule has 0 N–H and O–H groups in total. The fraction of sp³-hybridized carbons (Fsp3) is 0.385. The zero-order chi connectivity index (χ0) is 25.8. The average molecular weight is 513 g/mol. The van der Waals surface area contributed by atoms with Gasteiger partial charge in [0, 0.05) is 38.3 Å². The van der Waals surface area contributed by atoms with Crippen molar-refractivity contribution in [1.82, 2.24) is 9.78 Å². The Hall–Kier alpha value is -3.59. The number of piperidine rings is 1. The Labute approximate surface area is 215 Å². The quantitative estimate of drug-likeness (QED) is 0.394. The standard InChI is InChI=1S/C26H31ClN5O4/c1-5-29(2)23-17-20(18-10-9-11-19(16-18)35-3)28-31(26(23)33)25-22(32(34)36-4)13-12-21(24(25)27)30-14-7-6-8-15-30/h9-13,16-17H,5-8,14-15H2,1-4H3/q+1. The number of anilines is 2. The van der Waals surface area contributed by atoms with E-state index in [0.29, 0.717) is 28.6 Å². The van der Waals surface area contributed by atoms with E-state index in [9.17, 15) is 9.70 Å². The smallest absolute Gasteiger partial charge is 0.343 e. The molecule has 0 radical (unpaired) electrons. The minimum Gasteiger partial charge on any atom is -0.497 e. The fourth-order valence-corrected chi connectivity index (χ4v) is 4.73. The Morgan fingerprint density at radius 1 is 1.11 bits per heavy atom. The maximum absolute atomic E-state index is 13.8. The van der Waals surface area contributed by atoms with Gasteiger partial charge in [0.1, 0.15) is 11.4 Å². The molecule has 3 aromatic rings. The van der Waals surface area contributed by atoms with Gasteiger partial charge in [-0.15, -0.1) is 0 Å². The van der Waals surface area contributed by atoms with Crippen LogP contribution in [-0.4, -0.2) is 55.6 Å². The molecule has 0 atom stereocenters. The molecule has 1 saturated heterocycles. The number of methoxy groups -OCH3 is 1. The normalized spacial score (nSPS) is 13.4. The molecule has 2 aromatic carbocycles. The molecule has 0 saturated carbocycles. The first kappa shape index (κ1) is 25.5. The Morgan fingerprint density at radius 3 is 2.53 bits per heavy atom. The largest absolute Gasteiger partial charge is 0.497 e. The minimum atomic E-state index is -0.394. The van der Waals surface area contributed by atoms with E-state index in [1.165, 1.54) is 11.8 Å². The van der Waals surface area contributed by atoms with Crippen LogP contribution >= 0.6 is 11.6 Å². The van der Waals surface area contributed by atoms with Gasteiger partial charge in [-0.3, -0.25) is 4.79 Å². The van der Waals surface area contributed by atoms with Crippen molar-refractivity contribution in [1.29, 1.82) is 0 Å². The van der Waals surface area contributed by atoms with Crippen LogP contribution in [0.4, 0.5) is 17.1 Å². The zero-order valence-corrected chi connectivity index (χ0v) is 21.8. The van der Waals surface area contributed by atoms with Crippen LogP contribution in [0.5, 0.6) is 5.75 Å². The Bertz CT molecular complexity index is 1320. The van der Waals surface area contributed by atoms with Gasteiger partial charge in [-0.2, -0.15) is 9.78 Å². The maximum atomic E-state index is 13.8. The highest BCUT2D eigenvalue weighted by Crippen LogP contribution is 2.39. The molecule has 1 fully saturated rings. The molecule has 10 heteroatoms. The van der Waals surface area contributed by atoms with Crippen molar-refractivity contribution in [2.24, 2.45) is 0 Å². The molecule has 0 aliphatic carbocycles. The third-order valence-electron chi connectivity index (χ3n) is 6.49. The predicted octanol–water partition coefficient (Wildman–Crippen LogP) is 4.98. The third-order valence-corrected chi connectivity index (χ3v) is 6.86. The number of benzene rings is 2. The number of hydrogen-bond donors (Lipinski definition) is 0. The van der Waals surface area contributed by atoms with Crippen molar-refractivity contribution >= 4 is 28.7 Å². The van der Waals surface area contributed by atoms with E-state index in [4.69, 9.17) is 21.2 Å². The number of hydrogen-bond acceptors (Lipinski definition) is 7. The SMILES string of the molecule is CCN(C)c1cc(-c2cccc(OC)c2)nn(-c2c([N+](=O)OC)ccc(N3CCCCC3)c2Cl)c1=O. The summed E-state index contributed by atoms with van der Waals surface area (Å²) in [6.45, 7) is 4.24. The van der Waals surface area contributed by atoms with Gasteiger partial charge < -0.3 is 14.5 Å². The van der Waals surface area contributed by atoms with Crippen molar-refractivity contribution in [3.8, 4) is 22.7 Å². The summed E-state index contributed by atoms with van der Waals surface area (Å²) in [6.07, 6.45) is 3.26. The first-order valence-electron chi connectivity index (χ1n) is 12.0. The van der Waals surface area contributed by atoms with Crippen molar-refractivity contribution in [3.63, 3.8) is 0 Å². The van der Waals surface area contributed by atoms with Crippen LogP contribution in [0, 0.1) is 4.91 Å². The lowest BCUT2D eigenvalue weighted by atomic mass is 10.1. The molecule has 2 heterocycles. The molecule has 0 unspecified atom stereocenters. The molecule has 0 amide bonds. The van der Waals surface area contributed by atoms with Crippen LogP contribution in [-0.2, 0) is 4.84 Å². The maximum Gasteiger partial charge on any atom is 0.343 e. The molecule has 4 rings (SSSR count). The fourth-order valence-electron chi connectivity index (χ4n) is 4.37. The Morgan fingerprint density at radius 2 is 1.86 bits per heavy atom. The van der Waals surface area contributed by atoms with Crippen LogP contribution < -0.4 is 20.1 Å². The molecule has 9 nitrogen and oxygen atoms in total. The second-order valence-corrected chi connectivity index (χ2v) is 9.01. The number of aromatic nitrogens is 2. The summed E-state index contributed by atoms with van der Waals surface area (Å²) in [7, 11) is 4.69. The second-order valence-electron chi connectivity index (χ2n) is 8.63. The summed E-state index contributed by atoms with van der Waals surface area (Å²) in [6, 6.07) is 12.6. The van der Waals surface area contributed by atoms with E-state index in [1.54, 1.807) is 25.3 Å². The van der Waals surface area contributed by atoms with Crippen molar-refractivity contribution < 1.29 is 14.5 Å². The minimum absolute atomic E-state index is 0.0887. The van der Waals surface area contributed by atoms with Gasteiger partial charge in [-0.1, -0.05) is 23.7 Å². The van der Waals surface area contributed by atoms with E-state index in [1.807, 2.05) is 43.1 Å². The lowest BCUT2D eigenvalue weighted by molar-refractivity contribution is -0.736. The van der Waals surface area contributed by atoms with E-state index in [2.05, 4.69) is 10.00 Å². The third kappa shape index (κ3) is 4.88. The number of halogens is 1.